The molecular formula is C16H11NO4S. The second kappa shape index (κ2) is 5.23. The Kier molecular flexibility index (Phi) is 3.38. The molecule has 0 radical (unpaired) electrons. The van der Waals surface area contributed by atoms with E-state index in [1.807, 2.05) is 18.2 Å². The summed E-state index contributed by atoms with van der Waals surface area (Å²) in [6.07, 6.45) is 0. The third kappa shape index (κ3) is 2.23. The molecule has 2 N–H and O–H groups in total. The van der Waals surface area contributed by atoms with E-state index in [1.165, 1.54) is 30.4 Å². The van der Waals surface area contributed by atoms with Crippen molar-refractivity contribution in [3.63, 3.8) is 0 Å². The van der Waals surface area contributed by atoms with Gasteiger partial charge in [0.25, 0.3) is 0 Å². The lowest BCUT2D eigenvalue weighted by Gasteiger charge is -2.12. The summed E-state index contributed by atoms with van der Waals surface area (Å²) in [5.41, 5.74) is 3.96. The van der Waals surface area contributed by atoms with E-state index in [9.17, 15) is 14.7 Å². The first-order valence-corrected chi connectivity index (χ1v) is 7.31. The van der Waals surface area contributed by atoms with Crippen molar-refractivity contribution in [2.75, 3.05) is 0 Å². The van der Waals surface area contributed by atoms with E-state index in [1.54, 1.807) is 5.51 Å². The molecule has 0 bridgehead atoms. The van der Waals surface area contributed by atoms with Gasteiger partial charge in [0.2, 0.25) is 0 Å². The average Bonchev–Trinajstić information content (AvgIpc) is 2.93. The summed E-state index contributed by atoms with van der Waals surface area (Å²) in [4.78, 5) is 27.0. The minimum atomic E-state index is -1.14. The zero-order valence-corrected chi connectivity index (χ0v) is 12.3. The van der Waals surface area contributed by atoms with Crippen LogP contribution in [-0.4, -0.2) is 27.1 Å². The van der Waals surface area contributed by atoms with Gasteiger partial charge in [0.1, 0.15) is 0 Å². The van der Waals surface area contributed by atoms with E-state index < -0.39 is 11.9 Å². The Hall–Kier alpha value is -2.73. The Bertz CT molecular complexity index is 914. The number of fused-ring (bicyclic) bond motifs is 1. The van der Waals surface area contributed by atoms with E-state index in [0.717, 1.165) is 10.2 Å². The standard InChI is InChI=1S/C16H11NO4S/c1-8-10(15(18)19)3-4-11(14(8)16(20)21)9-2-5-13-12(6-9)17-7-22-13/h2-7H,1H3,(H,18,19)(H,20,21). The third-order valence-corrected chi connectivity index (χ3v) is 4.36. The Balaban J connectivity index is 2.27. The fourth-order valence-corrected chi connectivity index (χ4v) is 3.14. The fraction of sp³-hybridized carbons (Fsp3) is 0.0625. The van der Waals surface area contributed by atoms with Crippen molar-refractivity contribution < 1.29 is 19.8 Å². The quantitative estimate of drug-likeness (QED) is 0.770. The van der Waals surface area contributed by atoms with Gasteiger partial charge in [-0.15, -0.1) is 11.3 Å². The topological polar surface area (TPSA) is 87.5 Å². The first-order valence-electron chi connectivity index (χ1n) is 6.43. The van der Waals surface area contributed by atoms with Crippen LogP contribution in [0.5, 0.6) is 0 Å². The number of nitrogens with zero attached hydrogens (tertiary/aromatic N) is 1. The molecule has 1 aromatic heterocycles. The smallest absolute Gasteiger partial charge is 0.336 e. The number of thiazole rings is 1. The summed E-state index contributed by atoms with van der Waals surface area (Å²) >= 11 is 1.51. The number of carboxylic acid groups (broad SMARTS) is 2. The summed E-state index contributed by atoms with van der Waals surface area (Å²) in [5, 5.41) is 18.6. The van der Waals surface area contributed by atoms with E-state index >= 15 is 0 Å². The van der Waals surface area contributed by atoms with Gasteiger partial charge >= 0.3 is 11.9 Å². The largest absolute Gasteiger partial charge is 0.478 e. The van der Waals surface area contributed by atoms with Gasteiger partial charge in [-0.2, -0.15) is 0 Å². The molecule has 0 aliphatic heterocycles. The SMILES string of the molecule is Cc1c(C(=O)O)ccc(-c2ccc3scnc3c2)c1C(=O)O. The first kappa shape index (κ1) is 14.2. The van der Waals surface area contributed by atoms with Crippen LogP contribution in [0.2, 0.25) is 0 Å². The lowest BCUT2D eigenvalue weighted by atomic mass is 9.92. The zero-order chi connectivity index (χ0) is 15.9. The monoisotopic (exact) mass is 313 g/mol. The Labute approximate surface area is 129 Å². The highest BCUT2D eigenvalue weighted by Crippen LogP contribution is 2.31. The first-order chi connectivity index (χ1) is 10.5. The average molecular weight is 313 g/mol. The van der Waals surface area contributed by atoms with Crippen molar-refractivity contribution >= 4 is 33.5 Å². The van der Waals surface area contributed by atoms with Crippen LogP contribution in [-0.2, 0) is 0 Å². The van der Waals surface area contributed by atoms with Crippen LogP contribution in [0.25, 0.3) is 21.3 Å². The molecule has 0 saturated heterocycles. The molecule has 22 heavy (non-hydrogen) atoms. The molecule has 0 saturated carbocycles. The number of hydrogen-bond acceptors (Lipinski definition) is 4. The number of carboxylic acids is 2. The van der Waals surface area contributed by atoms with Crippen LogP contribution < -0.4 is 0 Å². The van der Waals surface area contributed by atoms with Crippen LogP contribution in [0.15, 0.2) is 35.8 Å². The van der Waals surface area contributed by atoms with E-state index in [-0.39, 0.29) is 16.7 Å². The summed E-state index contributed by atoms with van der Waals surface area (Å²) in [6, 6.07) is 8.49. The number of aromatic carboxylic acids is 2. The van der Waals surface area contributed by atoms with Crippen molar-refractivity contribution in [3.05, 3.63) is 52.5 Å². The zero-order valence-electron chi connectivity index (χ0n) is 11.5. The van der Waals surface area contributed by atoms with E-state index in [0.29, 0.717) is 11.1 Å². The predicted molar refractivity (Wildman–Crippen MR) is 83.7 cm³/mol. The van der Waals surface area contributed by atoms with Crippen molar-refractivity contribution in [2.24, 2.45) is 0 Å². The summed E-state index contributed by atoms with van der Waals surface area (Å²) in [5.74, 6) is -2.28. The van der Waals surface area contributed by atoms with Gasteiger partial charge in [-0.1, -0.05) is 12.1 Å². The molecule has 0 unspecified atom stereocenters. The second-order valence-corrected chi connectivity index (χ2v) is 5.69. The molecule has 0 spiro atoms. The summed E-state index contributed by atoms with van der Waals surface area (Å²) in [7, 11) is 0. The highest BCUT2D eigenvalue weighted by Gasteiger charge is 2.20. The number of carbonyl (C=O) groups is 2. The number of benzene rings is 2. The molecule has 110 valence electrons. The van der Waals surface area contributed by atoms with E-state index in [4.69, 9.17) is 5.11 Å². The van der Waals surface area contributed by atoms with Gasteiger partial charge in [-0.05, 0) is 41.8 Å². The lowest BCUT2D eigenvalue weighted by Crippen LogP contribution is -2.09. The Morgan fingerprint density at radius 3 is 2.55 bits per heavy atom. The van der Waals surface area contributed by atoms with Crippen molar-refractivity contribution in [2.45, 2.75) is 6.92 Å². The highest BCUT2D eigenvalue weighted by atomic mass is 32.1. The van der Waals surface area contributed by atoms with Gasteiger partial charge in [0.05, 0.1) is 26.9 Å². The maximum atomic E-state index is 11.6. The predicted octanol–water partition coefficient (Wildman–Crippen LogP) is 3.67. The van der Waals surface area contributed by atoms with Gasteiger partial charge in [-0.25, -0.2) is 14.6 Å². The van der Waals surface area contributed by atoms with Crippen molar-refractivity contribution in [1.29, 1.82) is 0 Å². The molecule has 6 heteroatoms. The second-order valence-electron chi connectivity index (χ2n) is 4.81. The summed E-state index contributed by atoms with van der Waals surface area (Å²) < 4.78 is 1.01. The number of aromatic nitrogens is 1. The van der Waals surface area contributed by atoms with E-state index in [2.05, 4.69) is 4.98 Å². The van der Waals surface area contributed by atoms with Gasteiger partial charge in [0, 0.05) is 0 Å². The minimum Gasteiger partial charge on any atom is -0.478 e. The molecule has 1 heterocycles. The maximum Gasteiger partial charge on any atom is 0.336 e. The van der Waals surface area contributed by atoms with Gasteiger partial charge in [0.15, 0.2) is 0 Å². The summed E-state index contributed by atoms with van der Waals surface area (Å²) in [6.45, 7) is 1.51. The molecule has 0 atom stereocenters. The van der Waals surface area contributed by atoms with Crippen molar-refractivity contribution in [1.82, 2.24) is 4.98 Å². The van der Waals surface area contributed by atoms with Crippen molar-refractivity contribution in [3.8, 4) is 11.1 Å². The molecule has 0 amide bonds. The molecule has 3 rings (SSSR count). The molecular weight excluding hydrogens is 302 g/mol. The molecule has 0 fully saturated rings. The fourth-order valence-electron chi connectivity index (χ4n) is 2.48. The molecule has 5 nitrogen and oxygen atoms in total. The van der Waals surface area contributed by atoms with Crippen LogP contribution in [0.3, 0.4) is 0 Å². The van der Waals surface area contributed by atoms with Gasteiger partial charge < -0.3 is 10.2 Å². The molecule has 0 aliphatic carbocycles. The van der Waals surface area contributed by atoms with Crippen LogP contribution >= 0.6 is 11.3 Å². The number of rotatable bonds is 3. The number of hydrogen-bond donors (Lipinski definition) is 2. The van der Waals surface area contributed by atoms with Gasteiger partial charge in [-0.3, -0.25) is 0 Å². The maximum absolute atomic E-state index is 11.6. The van der Waals surface area contributed by atoms with Crippen LogP contribution in [0, 0.1) is 6.92 Å². The molecule has 0 aliphatic rings. The van der Waals surface area contributed by atoms with Crippen LogP contribution in [0.4, 0.5) is 0 Å². The minimum absolute atomic E-state index is 0.00381. The Morgan fingerprint density at radius 1 is 1.09 bits per heavy atom. The lowest BCUT2D eigenvalue weighted by molar-refractivity contribution is 0.0696. The van der Waals surface area contributed by atoms with Crippen LogP contribution in [0.1, 0.15) is 26.3 Å². The molecule has 2 aromatic carbocycles. The highest BCUT2D eigenvalue weighted by molar-refractivity contribution is 7.16. The third-order valence-electron chi connectivity index (χ3n) is 3.55. The molecule has 3 aromatic rings. The normalized spacial score (nSPS) is 10.8. The Morgan fingerprint density at radius 2 is 1.86 bits per heavy atom.